The molecule has 0 atom stereocenters. The Bertz CT molecular complexity index is 2700. The van der Waals surface area contributed by atoms with Gasteiger partial charge in [0.05, 0.1) is 0 Å². The summed E-state index contributed by atoms with van der Waals surface area (Å²) in [5.41, 5.74) is 11.8. The Morgan fingerprint density at radius 1 is 0.235 bits per heavy atom. The van der Waals surface area contributed by atoms with Gasteiger partial charge < -0.3 is 0 Å². The van der Waals surface area contributed by atoms with E-state index in [4.69, 9.17) is 0 Å². The first-order chi connectivity index (χ1) is 25.1. The largest absolute Gasteiger partial charge is 0.0616 e. The van der Waals surface area contributed by atoms with E-state index in [1.807, 2.05) is 0 Å². The van der Waals surface area contributed by atoms with Crippen LogP contribution in [-0.4, -0.2) is 0 Å². The van der Waals surface area contributed by atoms with Gasteiger partial charge in [-0.05, 0) is 154 Å². The molecular weight excluding hydrogens is 613 g/mol. The maximum Gasteiger partial charge on any atom is -0.00932 e. The number of fused-ring (bicyclic) bond motifs is 9. The summed E-state index contributed by atoms with van der Waals surface area (Å²) < 4.78 is 0. The Kier molecular flexibility index (Phi) is 6.63. The van der Waals surface area contributed by atoms with Crippen molar-refractivity contribution < 1.29 is 0 Å². The zero-order valence-electron chi connectivity index (χ0n) is 29.1. The molecular formula is C51H36. The van der Waals surface area contributed by atoms with E-state index in [2.05, 4.69) is 185 Å². The Morgan fingerprint density at radius 3 is 0.725 bits per heavy atom. The van der Waals surface area contributed by atoms with Crippen LogP contribution < -0.4 is 0 Å². The van der Waals surface area contributed by atoms with E-state index < -0.39 is 0 Å². The van der Waals surface area contributed by atoms with Gasteiger partial charge in [0.25, 0.3) is 0 Å². The highest BCUT2D eigenvalue weighted by Gasteiger charge is 2.25. The molecule has 0 heterocycles. The number of hydrogen-bond acceptors (Lipinski definition) is 0. The third-order valence-corrected chi connectivity index (χ3v) is 11.4. The smallest absolute Gasteiger partial charge is 0.00932 e. The van der Waals surface area contributed by atoms with Gasteiger partial charge in [-0.2, -0.15) is 0 Å². The van der Waals surface area contributed by atoms with E-state index in [9.17, 15) is 0 Å². The summed E-state index contributed by atoms with van der Waals surface area (Å²) in [5, 5.41) is 15.4. The molecule has 0 fully saturated rings. The molecule has 0 aliphatic heterocycles. The van der Waals surface area contributed by atoms with Gasteiger partial charge >= 0.3 is 0 Å². The van der Waals surface area contributed by atoms with E-state index >= 15 is 0 Å². The SMILES string of the molecule is Cc1c(-c2cc3ccccc3c3ccccc23)c(C)c(-c2cc3ccccc3c3ccccc23)c(C)c1-c1cc2ccccc2c2ccccc12. The van der Waals surface area contributed by atoms with Crippen LogP contribution >= 0.6 is 0 Å². The van der Waals surface area contributed by atoms with Gasteiger partial charge in [-0.1, -0.05) is 146 Å². The molecule has 0 radical (unpaired) electrons. The van der Waals surface area contributed by atoms with Crippen molar-refractivity contribution >= 4 is 64.6 Å². The second kappa shape index (κ2) is 11.4. The van der Waals surface area contributed by atoms with E-state index in [1.54, 1.807) is 0 Å². The average Bonchev–Trinajstić information content (AvgIpc) is 3.18. The molecule has 0 aliphatic carbocycles. The minimum atomic E-state index is 1.26. The van der Waals surface area contributed by atoms with Crippen molar-refractivity contribution in [3.63, 3.8) is 0 Å². The van der Waals surface area contributed by atoms with Crippen molar-refractivity contribution in [1.82, 2.24) is 0 Å². The quantitative estimate of drug-likeness (QED) is 0.167. The van der Waals surface area contributed by atoms with Crippen LogP contribution in [0.1, 0.15) is 16.7 Å². The maximum atomic E-state index is 2.44. The summed E-state index contributed by atoms with van der Waals surface area (Å²) >= 11 is 0. The van der Waals surface area contributed by atoms with Crippen molar-refractivity contribution in [2.24, 2.45) is 0 Å². The van der Waals surface area contributed by atoms with Crippen molar-refractivity contribution in [3.05, 3.63) is 180 Å². The normalized spacial score (nSPS) is 11.8. The lowest BCUT2D eigenvalue weighted by molar-refractivity contribution is 1.33. The number of hydrogen-bond donors (Lipinski definition) is 0. The molecule has 10 aromatic rings. The Hall–Kier alpha value is -6.24. The minimum absolute atomic E-state index is 1.26. The molecule has 240 valence electrons. The summed E-state index contributed by atoms with van der Waals surface area (Å²) in [7, 11) is 0. The van der Waals surface area contributed by atoms with Crippen LogP contribution in [0.2, 0.25) is 0 Å². The van der Waals surface area contributed by atoms with Crippen molar-refractivity contribution in [2.75, 3.05) is 0 Å². The molecule has 0 aromatic heterocycles. The van der Waals surface area contributed by atoms with Crippen LogP contribution in [0, 0.1) is 20.8 Å². The molecule has 0 nitrogen and oxygen atoms in total. The van der Waals surface area contributed by atoms with Gasteiger partial charge in [0, 0.05) is 0 Å². The van der Waals surface area contributed by atoms with Crippen LogP contribution in [-0.2, 0) is 0 Å². The Labute approximate surface area is 298 Å². The van der Waals surface area contributed by atoms with E-state index in [0.29, 0.717) is 0 Å². The van der Waals surface area contributed by atoms with Gasteiger partial charge in [-0.3, -0.25) is 0 Å². The van der Waals surface area contributed by atoms with Crippen molar-refractivity contribution in [1.29, 1.82) is 0 Å². The van der Waals surface area contributed by atoms with Crippen LogP contribution in [0.15, 0.2) is 164 Å². The fraction of sp³-hybridized carbons (Fsp3) is 0.0588. The molecule has 10 aromatic carbocycles. The molecule has 0 bridgehead atoms. The molecule has 0 N–H and O–H groups in total. The van der Waals surface area contributed by atoms with E-state index in [1.165, 1.54) is 115 Å². The van der Waals surface area contributed by atoms with Gasteiger partial charge in [0.1, 0.15) is 0 Å². The highest BCUT2D eigenvalue weighted by Crippen LogP contribution is 2.50. The lowest BCUT2D eigenvalue weighted by Gasteiger charge is -2.26. The van der Waals surface area contributed by atoms with Gasteiger partial charge in [-0.15, -0.1) is 0 Å². The lowest BCUT2D eigenvalue weighted by Crippen LogP contribution is -2.02. The van der Waals surface area contributed by atoms with E-state index in [0.717, 1.165) is 0 Å². The zero-order valence-corrected chi connectivity index (χ0v) is 29.1. The number of rotatable bonds is 3. The molecule has 10 rings (SSSR count). The second-order valence-corrected chi connectivity index (χ2v) is 14.1. The second-order valence-electron chi connectivity index (χ2n) is 14.1. The summed E-state index contributed by atoms with van der Waals surface area (Å²) in [5.74, 6) is 0. The summed E-state index contributed by atoms with van der Waals surface area (Å²) in [6, 6.07) is 60.7. The topological polar surface area (TPSA) is 0 Å². The predicted molar refractivity (Wildman–Crippen MR) is 222 cm³/mol. The monoisotopic (exact) mass is 648 g/mol. The molecule has 0 saturated heterocycles. The van der Waals surface area contributed by atoms with Gasteiger partial charge in [-0.25, -0.2) is 0 Å². The number of benzene rings is 10. The molecule has 0 unspecified atom stereocenters. The Balaban J connectivity index is 1.42. The predicted octanol–water partition coefficient (Wildman–Crippen LogP) is 14.5. The molecule has 0 saturated carbocycles. The van der Waals surface area contributed by atoms with Crippen LogP contribution in [0.3, 0.4) is 0 Å². The standard InChI is InChI=1S/C51H36/c1-31-49(46-28-34-16-4-7-19-37(34)40-22-10-13-25-43(40)46)32(2)51(48-30-36-18-6-9-21-39(36)42-24-12-15-27-45(42)48)33(3)50(31)47-29-35-17-5-8-20-38(35)41-23-11-14-26-44(41)47/h4-30H,1-3H3. The highest BCUT2D eigenvalue weighted by molar-refractivity contribution is 6.19. The highest BCUT2D eigenvalue weighted by atomic mass is 14.3. The van der Waals surface area contributed by atoms with Crippen LogP contribution in [0.4, 0.5) is 0 Å². The van der Waals surface area contributed by atoms with Crippen molar-refractivity contribution in [2.45, 2.75) is 20.8 Å². The first-order valence-electron chi connectivity index (χ1n) is 17.9. The first kappa shape index (κ1) is 29.7. The molecule has 0 aliphatic rings. The van der Waals surface area contributed by atoms with Crippen molar-refractivity contribution in [3.8, 4) is 33.4 Å². The molecule has 0 amide bonds. The molecule has 0 spiro atoms. The first-order valence-corrected chi connectivity index (χ1v) is 17.9. The fourth-order valence-corrected chi connectivity index (χ4v) is 9.21. The van der Waals surface area contributed by atoms with Gasteiger partial charge in [0.2, 0.25) is 0 Å². The zero-order chi connectivity index (χ0) is 34.2. The van der Waals surface area contributed by atoms with Crippen LogP contribution in [0.25, 0.3) is 98.0 Å². The molecule has 51 heavy (non-hydrogen) atoms. The third kappa shape index (κ3) is 4.40. The average molecular weight is 649 g/mol. The van der Waals surface area contributed by atoms with Gasteiger partial charge in [0.15, 0.2) is 0 Å². The fourth-order valence-electron chi connectivity index (χ4n) is 9.21. The van der Waals surface area contributed by atoms with E-state index in [-0.39, 0.29) is 0 Å². The summed E-state index contributed by atoms with van der Waals surface area (Å²) in [6.07, 6.45) is 0. The summed E-state index contributed by atoms with van der Waals surface area (Å²) in [4.78, 5) is 0. The summed E-state index contributed by atoms with van der Waals surface area (Å²) in [6.45, 7) is 7.09. The lowest BCUT2D eigenvalue weighted by atomic mass is 9.77. The molecule has 0 heteroatoms. The minimum Gasteiger partial charge on any atom is -0.0616 e. The van der Waals surface area contributed by atoms with Crippen LogP contribution in [0.5, 0.6) is 0 Å². The Morgan fingerprint density at radius 2 is 0.451 bits per heavy atom. The maximum absolute atomic E-state index is 2.44. The third-order valence-electron chi connectivity index (χ3n) is 11.4.